The predicted molar refractivity (Wildman–Crippen MR) is 57.7 cm³/mol. The van der Waals surface area contributed by atoms with Crippen LogP contribution in [0, 0.1) is 5.95 Å². The Morgan fingerprint density at radius 3 is 2.69 bits per heavy atom. The number of rotatable bonds is 2. The Morgan fingerprint density at radius 2 is 2.06 bits per heavy atom. The first kappa shape index (κ1) is 11.3. The first-order valence-corrected chi connectivity index (χ1v) is 5.59. The second-order valence-electron chi connectivity index (χ2n) is 4.27. The molecule has 0 spiro atoms. The van der Waals surface area contributed by atoms with Crippen LogP contribution in [-0.2, 0) is 5.60 Å². The van der Waals surface area contributed by atoms with Gasteiger partial charge >= 0.3 is 0 Å². The van der Waals surface area contributed by atoms with E-state index in [1.807, 2.05) is 0 Å². The van der Waals surface area contributed by atoms with Crippen molar-refractivity contribution in [2.45, 2.75) is 37.7 Å². The van der Waals surface area contributed by atoms with Gasteiger partial charge in [0, 0.05) is 11.8 Å². The van der Waals surface area contributed by atoms with Gasteiger partial charge < -0.3 is 9.84 Å². The number of hydrogen-bond acceptors (Lipinski definition) is 3. The SMILES string of the molecule is COc1c(C2(O)CCCCC2)ccnc1F. The smallest absolute Gasteiger partial charge is 0.255 e. The lowest BCUT2D eigenvalue weighted by atomic mass is 9.79. The Labute approximate surface area is 94.3 Å². The predicted octanol–water partition coefficient (Wildman–Crippen LogP) is 2.38. The highest BCUT2D eigenvalue weighted by atomic mass is 19.1. The van der Waals surface area contributed by atoms with Crippen molar-refractivity contribution in [1.29, 1.82) is 0 Å². The molecular weight excluding hydrogens is 209 g/mol. The molecule has 1 aliphatic carbocycles. The van der Waals surface area contributed by atoms with Crippen molar-refractivity contribution in [3.05, 3.63) is 23.8 Å². The average Bonchev–Trinajstić information content (AvgIpc) is 2.29. The molecule has 0 aromatic carbocycles. The normalized spacial score (nSPS) is 19.4. The van der Waals surface area contributed by atoms with Crippen molar-refractivity contribution in [1.82, 2.24) is 4.98 Å². The summed E-state index contributed by atoms with van der Waals surface area (Å²) in [5.74, 6) is -0.578. The Hall–Kier alpha value is -1.16. The number of pyridine rings is 1. The van der Waals surface area contributed by atoms with Crippen LogP contribution in [0.4, 0.5) is 4.39 Å². The van der Waals surface area contributed by atoms with Gasteiger partial charge in [-0.05, 0) is 18.9 Å². The van der Waals surface area contributed by atoms with Crippen LogP contribution in [0.25, 0.3) is 0 Å². The van der Waals surface area contributed by atoms with Crippen LogP contribution in [0.15, 0.2) is 12.3 Å². The van der Waals surface area contributed by atoms with Crippen LogP contribution in [0.2, 0.25) is 0 Å². The van der Waals surface area contributed by atoms with Crippen molar-refractivity contribution in [2.75, 3.05) is 7.11 Å². The molecule has 0 unspecified atom stereocenters. The Kier molecular flexibility index (Phi) is 3.10. The number of nitrogens with zero attached hydrogens (tertiary/aromatic N) is 1. The molecule has 1 N–H and O–H groups in total. The maximum atomic E-state index is 13.4. The van der Waals surface area contributed by atoms with Crippen LogP contribution in [0.5, 0.6) is 5.75 Å². The van der Waals surface area contributed by atoms with Gasteiger partial charge in [0.2, 0.25) is 0 Å². The summed E-state index contributed by atoms with van der Waals surface area (Å²) in [5, 5.41) is 10.5. The largest absolute Gasteiger partial charge is 0.492 e. The first-order chi connectivity index (χ1) is 7.67. The number of aliphatic hydroxyl groups is 1. The van der Waals surface area contributed by atoms with E-state index < -0.39 is 11.5 Å². The fourth-order valence-electron chi connectivity index (χ4n) is 2.39. The molecule has 0 amide bonds. The van der Waals surface area contributed by atoms with Gasteiger partial charge in [-0.15, -0.1) is 0 Å². The lowest BCUT2D eigenvalue weighted by Gasteiger charge is -2.33. The second-order valence-corrected chi connectivity index (χ2v) is 4.27. The molecule has 1 aliphatic rings. The van der Waals surface area contributed by atoms with E-state index in [4.69, 9.17) is 4.74 Å². The molecule has 1 aromatic rings. The Balaban J connectivity index is 2.41. The Morgan fingerprint density at radius 1 is 1.38 bits per heavy atom. The van der Waals surface area contributed by atoms with Gasteiger partial charge in [-0.25, -0.2) is 4.98 Å². The van der Waals surface area contributed by atoms with E-state index in [-0.39, 0.29) is 5.75 Å². The maximum absolute atomic E-state index is 13.4. The van der Waals surface area contributed by atoms with Crippen molar-refractivity contribution < 1.29 is 14.2 Å². The lowest BCUT2D eigenvalue weighted by Crippen LogP contribution is -2.29. The van der Waals surface area contributed by atoms with E-state index in [1.54, 1.807) is 6.07 Å². The summed E-state index contributed by atoms with van der Waals surface area (Å²) < 4.78 is 18.4. The van der Waals surface area contributed by atoms with Crippen molar-refractivity contribution in [2.24, 2.45) is 0 Å². The zero-order valence-electron chi connectivity index (χ0n) is 9.37. The third kappa shape index (κ3) is 1.89. The van der Waals surface area contributed by atoms with Gasteiger partial charge in [-0.1, -0.05) is 19.3 Å². The standard InChI is InChI=1S/C12H16FNO2/c1-16-10-9(5-8-14-11(10)13)12(15)6-3-2-4-7-12/h5,8,15H,2-4,6-7H2,1H3. The third-order valence-electron chi connectivity index (χ3n) is 3.25. The third-order valence-corrected chi connectivity index (χ3v) is 3.25. The number of methoxy groups -OCH3 is 1. The molecule has 1 aromatic heterocycles. The van der Waals surface area contributed by atoms with E-state index in [0.29, 0.717) is 18.4 Å². The fourth-order valence-corrected chi connectivity index (χ4v) is 2.39. The van der Waals surface area contributed by atoms with Crippen LogP contribution in [0.3, 0.4) is 0 Å². The molecule has 0 saturated heterocycles. The molecule has 0 aliphatic heterocycles. The molecule has 4 heteroatoms. The lowest BCUT2D eigenvalue weighted by molar-refractivity contribution is -0.00318. The number of aromatic nitrogens is 1. The minimum Gasteiger partial charge on any atom is -0.492 e. The quantitative estimate of drug-likeness (QED) is 0.786. The van der Waals surface area contributed by atoms with Gasteiger partial charge in [-0.3, -0.25) is 0 Å². The highest BCUT2D eigenvalue weighted by Gasteiger charge is 2.34. The van der Waals surface area contributed by atoms with E-state index >= 15 is 0 Å². The van der Waals surface area contributed by atoms with Gasteiger partial charge in [0.1, 0.15) is 0 Å². The summed E-state index contributed by atoms with van der Waals surface area (Å²) in [6.45, 7) is 0. The van der Waals surface area contributed by atoms with E-state index in [9.17, 15) is 9.50 Å². The van der Waals surface area contributed by atoms with E-state index in [0.717, 1.165) is 19.3 Å². The van der Waals surface area contributed by atoms with Crippen molar-refractivity contribution in [3.63, 3.8) is 0 Å². The van der Waals surface area contributed by atoms with Gasteiger partial charge in [0.25, 0.3) is 5.95 Å². The van der Waals surface area contributed by atoms with Gasteiger partial charge in [0.15, 0.2) is 5.75 Å². The maximum Gasteiger partial charge on any atom is 0.255 e. The van der Waals surface area contributed by atoms with Crippen LogP contribution < -0.4 is 4.74 Å². The average molecular weight is 225 g/mol. The number of halogens is 1. The summed E-state index contributed by atoms with van der Waals surface area (Å²) in [5.41, 5.74) is -0.421. The van der Waals surface area contributed by atoms with Crippen LogP contribution >= 0.6 is 0 Å². The van der Waals surface area contributed by atoms with Gasteiger partial charge in [-0.2, -0.15) is 4.39 Å². The van der Waals surface area contributed by atoms with Gasteiger partial charge in [0.05, 0.1) is 12.7 Å². The number of ether oxygens (including phenoxy) is 1. The molecule has 88 valence electrons. The molecule has 1 fully saturated rings. The van der Waals surface area contributed by atoms with E-state index in [1.165, 1.54) is 13.3 Å². The molecule has 2 rings (SSSR count). The highest BCUT2D eigenvalue weighted by Crippen LogP contribution is 2.41. The zero-order chi connectivity index (χ0) is 11.6. The molecule has 16 heavy (non-hydrogen) atoms. The van der Waals surface area contributed by atoms with E-state index in [2.05, 4.69) is 4.98 Å². The Bertz CT molecular complexity index is 375. The zero-order valence-corrected chi connectivity index (χ0v) is 9.37. The molecule has 1 heterocycles. The number of hydrogen-bond donors (Lipinski definition) is 1. The van der Waals surface area contributed by atoms with Crippen molar-refractivity contribution >= 4 is 0 Å². The summed E-state index contributed by atoms with van der Waals surface area (Å²) in [7, 11) is 1.40. The molecule has 1 saturated carbocycles. The van der Waals surface area contributed by atoms with Crippen LogP contribution in [0.1, 0.15) is 37.7 Å². The molecule has 0 atom stereocenters. The fraction of sp³-hybridized carbons (Fsp3) is 0.583. The summed E-state index contributed by atoms with van der Waals surface area (Å²) >= 11 is 0. The second kappa shape index (κ2) is 4.37. The van der Waals surface area contributed by atoms with Crippen molar-refractivity contribution in [3.8, 4) is 5.75 Å². The minimum absolute atomic E-state index is 0.0758. The van der Waals surface area contributed by atoms with Crippen LogP contribution in [-0.4, -0.2) is 17.2 Å². The topological polar surface area (TPSA) is 42.4 Å². The molecular formula is C12H16FNO2. The first-order valence-electron chi connectivity index (χ1n) is 5.59. The minimum atomic E-state index is -0.951. The molecule has 0 radical (unpaired) electrons. The summed E-state index contributed by atoms with van der Waals surface area (Å²) in [4.78, 5) is 3.53. The molecule has 0 bridgehead atoms. The monoisotopic (exact) mass is 225 g/mol. The summed E-state index contributed by atoms with van der Waals surface area (Å²) in [6.07, 6.45) is 5.74. The summed E-state index contributed by atoms with van der Waals surface area (Å²) in [6, 6.07) is 1.65. The molecule has 3 nitrogen and oxygen atoms in total. The highest BCUT2D eigenvalue weighted by molar-refractivity contribution is 5.36.